The number of carbonyl (C=O) groups excluding carboxylic acids is 1. The van der Waals surface area contributed by atoms with E-state index in [0.717, 1.165) is 11.1 Å². The Morgan fingerprint density at radius 1 is 1.07 bits per heavy atom. The van der Waals surface area contributed by atoms with Crippen molar-refractivity contribution in [1.29, 1.82) is 0 Å². The predicted molar refractivity (Wildman–Crippen MR) is 102 cm³/mol. The number of nitrogens with two attached hydrogens (primary N) is 1. The average molecular weight is 397 g/mol. The summed E-state index contributed by atoms with van der Waals surface area (Å²) in [6.45, 7) is 0.300. The molecule has 28 heavy (non-hydrogen) atoms. The predicted octanol–water partition coefficient (Wildman–Crippen LogP) is 2.71. The second-order valence-electron chi connectivity index (χ2n) is 6.09. The second-order valence-corrected chi connectivity index (χ2v) is 7.65. The van der Waals surface area contributed by atoms with Crippen molar-refractivity contribution in [3.63, 3.8) is 0 Å². The highest BCUT2D eigenvalue weighted by Crippen LogP contribution is 2.28. The van der Waals surface area contributed by atoms with Crippen LogP contribution in [0.25, 0.3) is 11.3 Å². The number of benzene rings is 2. The van der Waals surface area contributed by atoms with Gasteiger partial charge >= 0.3 is 5.97 Å². The minimum atomic E-state index is -3.72. The van der Waals surface area contributed by atoms with E-state index in [4.69, 9.17) is 14.3 Å². The van der Waals surface area contributed by atoms with Gasteiger partial charge in [-0.15, -0.1) is 0 Å². The van der Waals surface area contributed by atoms with E-state index >= 15 is 0 Å². The highest BCUT2D eigenvalue weighted by Gasteiger charge is 2.21. The fraction of sp³-hybridized carbons (Fsp3) is 0.0526. The van der Waals surface area contributed by atoms with Crippen LogP contribution in [0.3, 0.4) is 0 Å². The van der Waals surface area contributed by atoms with Crippen molar-refractivity contribution in [3.05, 3.63) is 71.5 Å². The Morgan fingerprint density at radius 3 is 2.61 bits per heavy atom. The fourth-order valence-electron chi connectivity index (χ4n) is 2.73. The van der Waals surface area contributed by atoms with Crippen molar-refractivity contribution >= 4 is 27.9 Å². The monoisotopic (exact) mass is 397 g/mol. The number of nitrogens with zero attached hydrogens (tertiary/aromatic N) is 1. The number of esters is 1. The summed E-state index contributed by atoms with van der Waals surface area (Å²) in [5.74, 6) is 0.774. The Morgan fingerprint density at radius 2 is 1.86 bits per heavy atom. The fourth-order valence-corrected chi connectivity index (χ4v) is 3.25. The maximum Gasteiger partial charge on any atom is 0.338 e. The molecule has 0 spiro atoms. The molecule has 0 unspecified atom stereocenters. The van der Waals surface area contributed by atoms with E-state index in [1.807, 2.05) is 12.1 Å². The van der Waals surface area contributed by atoms with E-state index < -0.39 is 10.0 Å². The number of rotatable bonds is 5. The van der Waals surface area contributed by atoms with Crippen LogP contribution in [0.15, 0.2) is 69.0 Å². The molecule has 3 N–H and O–H groups in total. The Kier molecular flexibility index (Phi) is 4.46. The summed E-state index contributed by atoms with van der Waals surface area (Å²) in [6.07, 6.45) is 1.48. The molecule has 0 saturated heterocycles. The van der Waals surface area contributed by atoms with E-state index in [0.29, 0.717) is 29.4 Å². The van der Waals surface area contributed by atoms with Gasteiger partial charge in [-0.25, -0.2) is 18.4 Å². The number of hydrazone groups is 1. The summed E-state index contributed by atoms with van der Waals surface area (Å²) in [5, 5.41) is 9.11. The molecule has 8 nitrogen and oxygen atoms in total. The third-order valence-electron chi connectivity index (χ3n) is 4.17. The molecular formula is C19H15N3O5S. The molecule has 0 bridgehead atoms. The Bertz CT molecular complexity index is 1180. The molecule has 142 valence electrons. The molecule has 3 aromatic rings. The molecule has 0 fully saturated rings. The number of nitrogens with one attached hydrogen (secondary N) is 1. The van der Waals surface area contributed by atoms with Gasteiger partial charge in [0, 0.05) is 11.1 Å². The van der Waals surface area contributed by atoms with Gasteiger partial charge in [0.1, 0.15) is 18.1 Å². The van der Waals surface area contributed by atoms with Crippen LogP contribution in [0.1, 0.15) is 21.7 Å². The maximum atomic E-state index is 11.7. The molecule has 1 aromatic heterocycles. The molecule has 0 saturated carbocycles. The smallest absolute Gasteiger partial charge is 0.338 e. The largest absolute Gasteiger partial charge is 0.457 e. The molecule has 0 aliphatic carbocycles. The number of carbonyl (C=O) groups is 1. The summed E-state index contributed by atoms with van der Waals surface area (Å²) < 4.78 is 33.2. The molecule has 0 amide bonds. The lowest BCUT2D eigenvalue weighted by Crippen LogP contribution is -2.11. The van der Waals surface area contributed by atoms with Crippen molar-refractivity contribution in [2.45, 2.75) is 11.5 Å². The number of anilines is 1. The van der Waals surface area contributed by atoms with Gasteiger partial charge < -0.3 is 9.15 Å². The van der Waals surface area contributed by atoms with Crippen molar-refractivity contribution in [2.75, 3.05) is 5.43 Å². The van der Waals surface area contributed by atoms with Crippen LogP contribution in [0, 0.1) is 0 Å². The minimum absolute atomic E-state index is 0.0240. The summed E-state index contributed by atoms with van der Waals surface area (Å²) in [4.78, 5) is 11.7. The number of furan rings is 1. The van der Waals surface area contributed by atoms with Crippen LogP contribution in [0.2, 0.25) is 0 Å². The molecular weight excluding hydrogens is 382 g/mol. The van der Waals surface area contributed by atoms with E-state index in [9.17, 15) is 13.2 Å². The Balaban J connectivity index is 1.45. The number of cyclic esters (lactones) is 1. The topological polar surface area (TPSA) is 124 Å². The van der Waals surface area contributed by atoms with Crippen LogP contribution >= 0.6 is 0 Å². The molecule has 2 aromatic carbocycles. The third-order valence-corrected chi connectivity index (χ3v) is 5.10. The first-order valence-electron chi connectivity index (χ1n) is 8.22. The Labute approximate surface area is 160 Å². The van der Waals surface area contributed by atoms with Gasteiger partial charge in [0.15, 0.2) is 0 Å². The average Bonchev–Trinajstić information content (AvgIpc) is 3.28. The molecule has 0 atom stereocenters. The highest BCUT2D eigenvalue weighted by molar-refractivity contribution is 7.89. The third kappa shape index (κ3) is 3.66. The van der Waals surface area contributed by atoms with Gasteiger partial charge in [-0.3, -0.25) is 5.43 Å². The summed E-state index contributed by atoms with van der Waals surface area (Å²) in [6, 6.07) is 14.9. The molecule has 4 rings (SSSR count). The minimum Gasteiger partial charge on any atom is -0.457 e. The maximum absolute atomic E-state index is 11.7. The standard InChI is InChI=1S/C19H15N3O5S/c20-28(24,25)16-6-3-14(4-7-16)22-21-10-15-5-8-18(27-15)12-1-2-13-11-26-19(23)17(13)9-12/h1-10,22H,11H2,(H2,20,24,25). The highest BCUT2D eigenvalue weighted by atomic mass is 32.2. The summed E-state index contributed by atoms with van der Waals surface area (Å²) in [5.41, 5.74) is 5.54. The van der Waals surface area contributed by atoms with Crippen molar-refractivity contribution in [1.82, 2.24) is 0 Å². The van der Waals surface area contributed by atoms with Gasteiger partial charge in [-0.1, -0.05) is 12.1 Å². The number of sulfonamides is 1. The van der Waals surface area contributed by atoms with Crippen molar-refractivity contribution in [2.24, 2.45) is 10.2 Å². The van der Waals surface area contributed by atoms with Crippen LogP contribution in [-0.2, 0) is 21.4 Å². The van der Waals surface area contributed by atoms with Gasteiger partial charge in [0.25, 0.3) is 0 Å². The normalized spacial score (nSPS) is 13.5. The van der Waals surface area contributed by atoms with Crippen LogP contribution in [0.4, 0.5) is 5.69 Å². The van der Waals surface area contributed by atoms with Crippen molar-refractivity contribution in [3.8, 4) is 11.3 Å². The second kappa shape index (κ2) is 6.95. The molecule has 1 aliphatic rings. The van der Waals surface area contributed by atoms with E-state index in [1.54, 1.807) is 30.3 Å². The lowest BCUT2D eigenvalue weighted by molar-refractivity contribution is 0.0535. The SMILES string of the molecule is NS(=O)(=O)c1ccc(NN=Cc2ccc(-c3ccc4c(c3)C(=O)OC4)o2)cc1. The van der Waals surface area contributed by atoms with E-state index in [2.05, 4.69) is 10.5 Å². The lowest BCUT2D eigenvalue weighted by atomic mass is 10.0. The molecule has 0 radical (unpaired) electrons. The van der Waals surface area contributed by atoms with Gasteiger partial charge in [-0.2, -0.15) is 5.10 Å². The molecule has 9 heteroatoms. The van der Waals surface area contributed by atoms with Crippen LogP contribution in [0.5, 0.6) is 0 Å². The molecule has 2 heterocycles. The van der Waals surface area contributed by atoms with Crippen molar-refractivity contribution < 1.29 is 22.4 Å². The number of fused-ring (bicyclic) bond motifs is 1. The first-order valence-corrected chi connectivity index (χ1v) is 9.77. The zero-order valence-corrected chi connectivity index (χ0v) is 15.3. The quantitative estimate of drug-likeness (QED) is 0.387. The van der Waals surface area contributed by atoms with Gasteiger partial charge in [0.05, 0.1) is 22.4 Å². The zero-order valence-electron chi connectivity index (χ0n) is 14.5. The van der Waals surface area contributed by atoms with E-state index in [-0.39, 0.29) is 10.9 Å². The first-order chi connectivity index (χ1) is 13.4. The van der Waals surface area contributed by atoms with E-state index in [1.165, 1.54) is 18.3 Å². The van der Waals surface area contributed by atoms with Crippen LogP contribution < -0.4 is 10.6 Å². The lowest BCUT2D eigenvalue weighted by Gasteiger charge is -2.01. The Hall–Kier alpha value is -3.43. The first kappa shape index (κ1) is 18.0. The van der Waals surface area contributed by atoms with Gasteiger partial charge in [0.2, 0.25) is 10.0 Å². The summed E-state index contributed by atoms with van der Waals surface area (Å²) in [7, 11) is -3.72. The number of ether oxygens (including phenoxy) is 1. The zero-order chi connectivity index (χ0) is 19.7. The van der Waals surface area contributed by atoms with Gasteiger partial charge in [-0.05, 0) is 42.5 Å². The molecule has 1 aliphatic heterocycles. The number of hydrogen-bond donors (Lipinski definition) is 2. The summed E-state index contributed by atoms with van der Waals surface area (Å²) >= 11 is 0. The number of hydrogen-bond acceptors (Lipinski definition) is 7. The number of primary sulfonamides is 1. The van der Waals surface area contributed by atoms with Crippen LogP contribution in [-0.4, -0.2) is 20.6 Å².